The Morgan fingerprint density at radius 2 is 0.788 bits per heavy atom. The predicted molar refractivity (Wildman–Crippen MR) is 153 cm³/mol. The summed E-state index contributed by atoms with van der Waals surface area (Å²) in [6.45, 7) is 22.1. The summed E-state index contributed by atoms with van der Waals surface area (Å²) in [5, 5.41) is 0. The molecule has 0 saturated carbocycles. The molecule has 0 aliphatic carbocycles. The molecule has 0 aliphatic heterocycles. The van der Waals surface area contributed by atoms with Crippen molar-refractivity contribution in [2.24, 2.45) is 9.98 Å². The summed E-state index contributed by atoms with van der Waals surface area (Å²) in [6, 6.07) is 13.2. The molecule has 2 rings (SSSR count). The van der Waals surface area contributed by atoms with Crippen LogP contribution in [0.3, 0.4) is 0 Å². The fraction of sp³-hybridized carbons (Fsp3) is 0.500. The van der Waals surface area contributed by atoms with Crippen molar-refractivity contribution in [2.45, 2.75) is 92.9 Å². The fourth-order valence-electron chi connectivity index (χ4n) is 3.78. The summed E-state index contributed by atoms with van der Waals surface area (Å²) in [4.78, 5) is 10.3. The van der Waals surface area contributed by atoms with Crippen LogP contribution in [0.25, 0.3) is 0 Å². The van der Waals surface area contributed by atoms with E-state index >= 15 is 0 Å². The summed E-state index contributed by atoms with van der Waals surface area (Å²) in [5.74, 6) is 1.73. The monoisotopic (exact) mass is 620 g/mol. The third kappa shape index (κ3) is 8.75. The van der Waals surface area contributed by atoms with Gasteiger partial charge in [0.05, 0.1) is 22.8 Å². The molecule has 0 heterocycles. The van der Waals surface area contributed by atoms with Crippen LogP contribution in [0, 0.1) is 0 Å². The molecule has 2 nitrogen and oxygen atoms in total. The Morgan fingerprint density at radius 3 is 0.970 bits per heavy atom. The van der Waals surface area contributed by atoms with Crippen molar-refractivity contribution >= 4 is 51.2 Å². The number of halogens is 2. The van der Waals surface area contributed by atoms with Crippen LogP contribution in [0.15, 0.2) is 46.4 Å². The van der Waals surface area contributed by atoms with Gasteiger partial charge in [0, 0.05) is 0 Å². The molecule has 0 bridgehead atoms. The SMILES string of the molecule is CC(=Nc1c(C(C)C)cccc1C(C)C)C(C)=Nc1c(C(C)C)cccc1C(C)C.[Br][Ni][Br]. The molecule has 0 unspecified atom stereocenters. The first-order valence-corrected chi connectivity index (χ1v) is 16.5. The normalized spacial score (nSPS) is 12.7. The first-order valence-electron chi connectivity index (χ1n) is 11.6. The van der Waals surface area contributed by atoms with Gasteiger partial charge in [0.2, 0.25) is 0 Å². The van der Waals surface area contributed by atoms with Crippen LogP contribution in [-0.2, 0) is 10.9 Å². The Morgan fingerprint density at radius 1 is 0.576 bits per heavy atom. The van der Waals surface area contributed by atoms with Gasteiger partial charge in [-0.25, -0.2) is 0 Å². The number of para-hydroxylation sites is 2. The molecule has 33 heavy (non-hydrogen) atoms. The van der Waals surface area contributed by atoms with Crippen molar-refractivity contribution in [3.05, 3.63) is 58.7 Å². The summed E-state index contributed by atoms with van der Waals surface area (Å²) in [7, 11) is 1.25. The Bertz CT molecular complexity index is 830. The maximum atomic E-state index is 5.13. The Kier molecular flexibility index (Phi) is 13.4. The van der Waals surface area contributed by atoms with Crippen LogP contribution >= 0.6 is 28.5 Å². The Hall–Kier alpha value is -0.766. The molecule has 0 radical (unpaired) electrons. The summed E-state index contributed by atoms with van der Waals surface area (Å²) < 4.78 is 0. The van der Waals surface area contributed by atoms with Crippen molar-refractivity contribution < 1.29 is 10.9 Å². The average Bonchev–Trinajstić information content (AvgIpc) is 2.73. The molecule has 2 aromatic rings. The van der Waals surface area contributed by atoms with E-state index in [1.54, 1.807) is 0 Å². The minimum atomic E-state index is 0.432. The summed E-state index contributed by atoms with van der Waals surface area (Å²) in [6.07, 6.45) is 0. The molecule has 0 aromatic heterocycles. The van der Waals surface area contributed by atoms with Crippen molar-refractivity contribution in [3.8, 4) is 0 Å². The topological polar surface area (TPSA) is 24.7 Å². The molecule has 0 saturated heterocycles. The molecule has 0 amide bonds. The van der Waals surface area contributed by atoms with E-state index in [9.17, 15) is 0 Å². The number of benzene rings is 2. The van der Waals surface area contributed by atoms with Crippen molar-refractivity contribution in [3.63, 3.8) is 0 Å². The second kappa shape index (κ2) is 14.6. The number of hydrogen-bond acceptors (Lipinski definition) is 2. The van der Waals surface area contributed by atoms with Gasteiger partial charge in [-0.15, -0.1) is 0 Å². The number of aliphatic imine (C=N–C) groups is 2. The van der Waals surface area contributed by atoms with E-state index in [-0.39, 0.29) is 0 Å². The minimum absolute atomic E-state index is 0.432. The maximum absolute atomic E-state index is 5.13. The van der Waals surface area contributed by atoms with Crippen LogP contribution in [0.2, 0.25) is 0 Å². The summed E-state index contributed by atoms with van der Waals surface area (Å²) in [5.41, 5.74) is 9.43. The molecule has 0 spiro atoms. The number of rotatable bonds is 7. The molecule has 186 valence electrons. The van der Waals surface area contributed by atoms with Crippen LogP contribution in [0.5, 0.6) is 0 Å². The van der Waals surface area contributed by atoms with E-state index in [1.165, 1.54) is 33.2 Å². The van der Waals surface area contributed by atoms with Gasteiger partial charge in [0.25, 0.3) is 0 Å². The van der Waals surface area contributed by atoms with Crippen LogP contribution in [0.1, 0.15) is 115 Å². The third-order valence-corrected chi connectivity index (χ3v) is 5.77. The Balaban J connectivity index is 0.00000172. The van der Waals surface area contributed by atoms with E-state index in [0.29, 0.717) is 23.7 Å². The van der Waals surface area contributed by atoms with Crippen molar-refractivity contribution in [1.29, 1.82) is 0 Å². The molecule has 0 atom stereocenters. The van der Waals surface area contributed by atoms with Crippen molar-refractivity contribution in [1.82, 2.24) is 0 Å². The Labute approximate surface area is 222 Å². The van der Waals surface area contributed by atoms with Crippen molar-refractivity contribution in [2.75, 3.05) is 0 Å². The van der Waals surface area contributed by atoms with Gasteiger partial charge in [-0.05, 0) is 59.8 Å². The van der Waals surface area contributed by atoms with Gasteiger partial charge in [-0.1, -0.05) is 91.8 Å². The molecule has 0 fully saturated rings. The van der Waals surface area contributed by atoms with Gasteiger partial charge < -0.3 is 0 Å². The van der Waals surface area contributed by atoms with Gasteiger partial charge >= 0.3 is 39.3 Å². The first kappa shape index (κ1) is 30.3. The van der Waals surface area contributed by atoms with Crippen LogP contribution < -0.4 is 0 Å². The molecule has 0 aliphatic rings. The molecule has 0 N–H and O–H groups in total. The molecule has 5 heteroatoms. The average molecular weight is 623 g/mol. The summed E-state index contributed by atoms with van der Waals surface area (Å²) >= 11 is 6.00. The van der Waals surface area contributed by atoms with Crippen LogP contribution in [-0.4, -0.2) is 11.4 Å². The van der Waals surface area contributed by atoms with E-state index in [1.807, 2.05) is 0 Å². The zero-order valence-corrected chi connectivity index (χ0v) is 25.9. The van der Waals surface area contributed by atoms with Gasteiger partial charge in [-0.3, -0.25) is 9.98 Å². The quantitative estimate of drug-likeness (QED) is 0.217. The standard InChI is InChI=1S/C28H40N2.2BrH.Ni/c1-17(2)23-13-11-14-24(18(3)4)27(23)29-21(9)22(10)30-28-25(19(5)6)15-12-16-26(28)20(7)8;;;/h11-20H,1-10H3;2*1H;/q;;;+2/p-2. The first-order chi connectivity index (χ1) is 15.5. The zero-order chi connectivity index (χ0) is 25.3. The van der Waals surface area contributed by atoms with Gasteiger partial charge in [0.15, 0.2) is 0 Å². The fourth-order valence-corrected chi connectivity index (χ4v) is 3.78. The predicted octanol–water partition coefficient (Wildman–Crippen LogP) is 10.8. The second-order valence-corrected chi connectivity index (χ2v) is 14.6. The second-order valence-electron chi connectivity index (χ2n) is 9.63. The van der Waals surface area contributed by atoms with E-state index in [2.05, 4.69) is 134 Å². The van der Waals surface area contributed by atoms with Gasteiger partial charge in [-0.2, -0.15) is 0 Å². The van der Waals surface area contributed by atoms with Gasteiger partial charge in [0.1, 0.15) is 0 Å². The van der Waals surface area contributed by atoms with E-state index in [4.69, 9.17) is 9.98 Å². The van der Waals surface area contributed by atoms with E-state index in [0.717, 1.165) is 22.8 Å². The molecular formula is C28H40Br2N2Ni. The number of nitrogens with zero attached hydrogens (tertiary/aromatic N) is 2. The zero-order valence-electron chi connectivity index (χ0n) is 21.7. The molecular weight excluding hydrogens is 583 g/mol. The van der Waals surface area contributed by atoms with E-state index < -0.39 is 0 Å². The van der Waals surface area contributed by atoms with Crippen LogP contribution in [0.4, 0.5) is 11.4 Å². The number of hydrogen-bond donors (Lipinski definition) is 0. The molecule has 2 aromatic carbocycles. The third-order valence-electron chi connectivity index (χ3n) is 5.77.